The van der Waals surface area contributed by atoms with Crippen LogP contribution in [-0.2, 0) is 4.79 Å². The van der Waals surface area contributed by atoms with Crippen LogP contribution in [0.3, 0.4) is 0 Å². The quantitative estimate of drug-likeness (QED) is 0.428. The molecular weight excluding hydrogens is 330 g/mol. The highest BCUT2D eigenvalue weighted by Gasteiger charge is 2.23. The Morgan fingerprint density at radius 1 is 1.38 bits per heavy atom. The summed E-state index contributed by atoms with van der Waals surface area (Å²) in [6.07, 6.45) is 4.87. The highest BCUT2D eigenvalue weighted by molar-refractivity contribution is 7.19. The van der Waals surface area contributed by atoms with Crippen LogP contribution in [-0.4, -0.2) is 29.1 Å². The van der Waals surface area contributed by atoms with E-state index in [4.69, 9.17) is 11.1 Å². The topological polar surface area (TPSA) is 144 Å². The van der Waals surface area contributed by atoms with Crippen LogP contribution in [0.25, 0.3) is 31.5 Å². The summed E-state index contributed by atoms with van der Waals surface area (Å²) in [5, 5.41) is 8.11. The van der Waals surface area contributed by atoms with Gasteiger partial charge in [-0.05, 0) is 23.2 Å². The molecule has 0 radical (unpaired) electrons. The van der Waals surface area contributed by atoms with Gasteiger partial charge in [0.15, 0.2) is 0 Å². The van der Waals surface area contributed by atoms with Crippen molar-refractivity contribution >= 4 is 22.2 Å². The zero-order valence-electron chi connectivity index (χ0n) is 12.7. The van der Waals surface area contributed by atoms with Crippen molar-refractivity contribution in [1.82, 2.24) is 9.97 Å². The van der Waals surface area contributed by atoms with E-state index in [-0.39, 0.29) is 19.1 Å². The first-order chi connectivity index (χ1) is 11.7. The van der Waals surface area contributed by atoms with Crippen molar-refractivity contribution in [3.05, 3.63) is 51.6 Å². The van der Waals surface area contributed by atoms with Gasteiger partial charge in [-0.3, -0.25) is 14.7 Å². The van der Waals surface area contributed by atoms with Gasteiger partial charge in [0.05, 0.1) is 6.20 Å². The van der Waals surface area contributed by atoms with Crippen LogP contribution in [0.4, 0.5) is 5.00 Å². The van der Waals surface area contributed by atoms with E-state index in [9.17, 15) is 4.79 Å². The molecule has 1 amide bonds. The molecule has 11 heteroatoms. The van der Waals surface area contributed by atoms with Crippen molar-refractivity contribution in [1.29, 1.82) is 0 Å². The van der Waals surface area contributed by atoms with Gasteiger partial charge in [0.2, 0.25) is 5.91 Å². The Balaban J connectivity index is 2.28. The molecule has 0 aliphatic carbocycles. The second-order valence-electron chi connectivity index (χ2n) is 4.70. The second-order valence-corrected chi connectivity index (χ2v) is 5.71. The summed E-state index contributed by atoms with van der Waals surface area (Å²) in [5.41, 5.74) is 17.7. The maximum atomic E-state index is 12.5. The van der Waals surface area contributed by atoms with Crippen LogP contribution in [0.2, 0.25) is 0 Å². The van der Waals surface area contributed by atoms with Gasteiger partial charge in [-0.2, -0.15) is 0 Å². The molecule has 1 atom stereocenters. The lowest BCUT2D eigenvalue weighted by atomic mass is 10.1. The first kappa shape index (κ1) is 17.2. The molecule has 2 heterocycles. The molecule has 2 rings (SSSR count). The Bertz CT molecular complexity index is 793. The monoisotopic (exact) mass is 343 g/mol. The Kier molecular flexibility index (Phi) is 6.09. The lowest BCUT2D eigenvalue weighted by Gasteiger charge is -2.21. The smallest absolute Gasteiger partial charge is 0.230 e. The minimum absolute atomic E-state index is 0.0242. The molecule has 2 aromatic heterocycles. The SMILES string of the molecule is CC(CN=[N+]=[N-])C(=O)N(CN=[N+]=[N-])c1cnc(-c2cccnc2)s1. The third-order valence-electron chi connectivity index (χ3n) is 3.04. The van der Waals surface area contributed by atoms with Crippen LogP contribution in [0.1, 0.15) is 6.92 Å². The summed E-state index contributed by atoms with van der Waals surface area (Å²) in [6, 6.07) is 3.65. The van der Waals surface area contributed by atoms with Gasteiger partial charge in [-0.15, -0.1) is 0 Å². The van der Waals surface area contributed by atoms with E-state index in [1.165, 1.54) is 22.4 Å². The second kappa shape index (κ2) is 8.49. The highest BCUT2D eigenvalue weighted by Crippen LogP contribution is 2.31. The van der Waals surface area contributed by atoms with Crippen molar-refractivity contribution in [2.24, 2.45) is 16.1 Å². The van der Waals surface area contributed by atoms with Gasteiger partial charge in [0, 0.05) is 40.2 Å². The van der Waals surface area contributed by atoms with Gasteiger partial charge in [-0.25, -0.2) is 4.98 Å². The number of aromatic nitrogens is 2. The van der Waals surface area contributed by atoms with Crippen molar-refractivity contribution in [2.75, 3.05) is 18.1 Å². The highest BCUT2D eigenvalue weighted by atomic mass is 32.1. The lowest BCUT2D eigenvalue weighted by Crippen LogP contribution is -2.35. The van der Waals surface area contributed by atoms with E-state index in [0.29, 0.717) is 10.0 Å². The average Bonchev–Trinajstić information content (AvgIpc) is 3.10. The summed E-state index contributed by atoms with van der Waals surface area (Å²) in [7, 11) is 0. The molecule has 0 aliphatic rings. The number of thiazole rings is 1. The molecule has 24 heavy (non-hydrogen) atoms. The Morgan fingerprint density at radius 3 is 2.83 bits per heavy atom. The molecule has 10 nitrogen and oxygen atoms in total. The fraction of sp³-hybridized carbons (Fsp3) is 0.308. The zero-order valence-corrected chi connectivity index (χ0v) is 13.5. The molecular formula is C13H13N9OS. The minimum atomic E-state index is -0.543. The maximum absolute atomic E-state index is 12.5. The number of anilines is 1. The average molecular weight is 343 g/mol. The summed E-state index contributed by atoms with van der Waals surface area (Å²) in [5.74, 6) is -0.852. The minimum Gasteiger partial charge on any atom is -0.296 e. The predicted octanol–water partition coefficient (Wildman–Crippen LogP) is 3.75. The van der Waals surface area contributed by atoms with Gasteiger partial charge in [-0.1, -0.05) is 28.5 Å². The Labute approximate surface area is 141 Å². The largest absolute Gasteiger partial charge is 0.296 e. The van der Waals surface area contributed by atoms with Crippen molar-refractivity contribution < 1.29 is 4.79 Å². The fourth-order valence-corrected chi connectivity index (χ4v) is 2.76. The molecule has 2 aromatic rings. The first-order valence-electron chi connectivity index (χ1n) is 6.86. The molecule has 0 saturated heterocycles. The number of pyridine rings is 1. The third kappa shape index (κ3) is 4.20. The van der Waals surface area contributed by atoms with E-state index in [2.05, 4.69) is 30.0 Å². The van der Waals surface area contributed by atoms with E-state index in [0.717, 1.165) is 5.56 Å². The standard InChI is InChI=1S/C13H13N9OS/c1-9(5-18-20-14)13(23)22(8-19-21-15)11-7-17-12(24-11)10-3-2-4-16-6-10/h2-4,6-7,9H,5,8H2,1H3. The molecule has 0 saturated carbocycles. The van der Waals surface area contributed by atoms with Crippen molar-refractivity contribution in [3.8, 4) is 10.6 Å². The van der Waals surface area contributed by atoms with Crippen LogP contribution < -0.4 is 4.90 Å². The number of rotatable bonds is 7. The fourth-order valence-electron chi connectivity index (χ4n) is 1.86. The number of carbonyl (C=O) groups is 1. The number of hydrogen-bond acceptors (Lipinski definition) is 6. The number of carbonyl (C=O) groups excluding carboxylic acids is 1. The molecule has 0 bridgehead atoms. The maximum Gasteiger partial charge on any atom is 0.230 e. The number of amides is 1. The van der Waals surface area contributed by atoms with Crippen LogP contribution >= 0.6 is 11.3 Å². The van der Waals surface area contributed by atoms with Gasteiger partial charge < -0.3 is 0 Å². The molecule has 122 valence electrons. The Hall–Kier alpha value is -3.13. The van der Waals surface area contributed by atoms with Crippen LogP contribution in [0.5, 0.6) is 0 Å². The number of hydrogen-bond donors (Lipinski definition) is 0. The van der Waals surface area contributed by atoms with Gasteiger partial charge >= 0.3 is 0 Å². The van der Waals surface area contributed by atoms with Crippen molar-refractivity contribution in [3.63, 3.8) is 0 Å². The first-order valence-corrected chi connectivity index (χ1v) is 7.68. The van der Waals surface area contributed by atoms with E-state index in [1.54, 1.807) is 25.4 Å². The molecule has 0 N–H and O–H groups in total. The number of nitrogens with zero attached hydrogens (tertiary/aromatic N) is 9. The molecule has 0 aromatic carbocycles. The molecule has 0 spiro atoms. The van der Waals surface area contributed by atoms with Crippen LogP contribution in [0.15, 0.2) is 41.0 Å². The van der Waals surface area contributed by atoms with Crippen molar-refractivity contribution in [2.45, 2.75) is 6.92 Å². The van der Waals surface area contributed by atoms with E-state index < -0.39 is 5.92 Å². The summed E-state index contributed by atoms with van der Waals surface area (Å²) in [6.45, 7) is 1.50. The predicted molar refractivity (Wildman–Crippen MR) is 90.0 cm³/mol. The van der Waals surface area contributed by atoms with E-state index in [1.807, 2.05) is 6.07 Å². The van der Waals surface area contributed by atoms with Crippen LogP contribution in [0, 0.1) is 5.92 Å². The summed E-state index contributed by atoms with van der Waals surface area (Å²) in [4.78, 5) is 27.5. The Morgan fingerprint density at radius 2 is 2.17 bits per heavy atom. The third-order valence-corrected chi connectivity index (χ3v) is 4.11. The normalized spacial score (nSPS) is 11.0. The molecule has 0 fully saturated rings. The van der Waals surface area contributed by atoms with Gasteiger partial charge in [0.1, 0.15) is 16.7 Å². The lowest BCUT2D eigenvalue weighted by molar-refractivity contribution is -0.121. The summed E-state index contributed by atoms with van der Waals surface area (Å²) >= 11 is 1.28. The summed E-state index contributed by atoms with van der Waals surface area (Å²) < 4.78 is 0. The number of azide groups is 2. The van der Waals surface area contributed by atoms with E-state index >= 15 is 0 Å². The zero-order chi connectivity index (χ0) is 17.4. The van der Waals surface area contributed by atoms with Gasteiger partial charge in [0.25, 0.3) is 0 Å². The molecule has 0 aliphatic heterocycles. The molecule has 1 unspecified atom stereocenters.